The zero-order valence-electron chi connectivity index (χ0n) is 13.5. The Labute approximate surface area is 137 Å². The van der Waals surface area contributed by atoms with Crippen LogP contribution < -0.4 is 10.2 Å². The Morgan fingerprint density at radius 2 is 2.00 bits per heavy atom. The molecule has 0 bridgehead atoms. The monoisotopic (exact) mass is 307 g/mol. The molecule has 1 amide bonds. The summed E-state index contributed by atoms with van der Waals surface area (Å²) in [4.78, 5) is 14.3. The first-order valence-corrected chi connectivity index (χ1v) is 7.74. The smallest absolute Gasteiger partial charge is 0.226 e. The van der Waals surface area contributed by atoms with Gasteiger partial charge in [-0.1, -0.05) is 24.3 Å². The molecule has 4 nitrogen and oxygen atoms in total. The van der Waals surface area contributed by atoms with E-state index in [1.54, 1.807) is 18.2 Å². The normalized spacial score (nSPS) is 9.96. The van der Waals surface area contributed by atoms with Gasteiger partial charge in [-0.15, -0.1) is 0 Å². The zero-order valence-corrected chi connectivity index (χ0v) is 13.5. The molecule has 0 aromatic heterocycles. The molecule has 118 valence electrons. The van der Waals surface area contributed by atoms with E-state index in [9.17, 15) is 4.79 Å². The Morgan fingerprint density at radius 1 is 1.22 bits per heavy atom. The maximum Gasteiger partial charge on any atom is 0.226 e. The van der Waals surface area contributed by atoms with Crippen LogP contribution >= 0.6 is 0 Å². The molecule has 0 radical (unpaired) electrons. The molecule has 2 rings (SSSR count). The highest BCUT2D eigenvalue weighted by Gasteiger charge is 2.10. The van der Waals surface area contributed by atoms with Crippen LogP contribution in [0.25, 0.3) is 0 Å². The van der Waals surface area contributed by atoms with Gasteiger partial charge in [-0.25, -0.2) is 0 Å². The van der Waals surface area contributed by atoms with E-state index in [1.807, 2.05) is 12.1 Å². The standard InChI is InChI=1S/C19H21N3O/c1-3-22(17-9-6-7-15(2)13-17)12-11-19(23)21-18-10-5-4-8-16(18)14-20/h4-10,13H,3,11-12H2,1-2H3,(H,21,23). The predicted molar refractivity (Wildman–Crippen MR) is 93.5 cm³/mol. The molecule has 1 N–H and O–H groups in total. The minimum absolute atomic E-state index is 0.0844. The minimum atomic E-state index is -0.0844. The SMILES string of the molecule is CCN(CCC(=O)Nc1ccccc1C#N)c1cccc(C)c1. The minimum Gasteiger partial charge on any atom is -0.371 e. The maximum absolute atomic E-state index is 12.2. The van der Waals surface area contributed by atoms with E-state index in [1.165, 1.54) is 5.56 Å². The number of benzene rings is 2. The van der Waals surface area contributed by atoms with Crippen molar-refractivity contribution in [2.75, 3.05) is 23.3 Å². The van der Waals surface area contributed by atoms with Crippen LogP contribution in [0.1, 0.15) is 24.5 Å². The number of carbonyl (C=O) groups excluding carboxylic acids is 1. The summed E-state index contributed by atoms with van der Waals surface area (Å²) in [5.41, 5.74) is 3.37. The number of para-hydroxylation sites is 1. The van der Waals surface area contributed by atoms with Gasteiger partial charge < -0.3 is 10.2 Å². The molecule has 23 heavy (non-hydrogen) atoms. The van der Waals surface area contributed by atoms with Gasteiger partial charge in [-0.3, -0.25) is 4.79 Å². The second-order valence-electron chi connectivity index (χ2n) is 5.37. The number of hydrogen-bond acceptors (Lipinski definition) is 3. The molecule has 0 saturated carbocycles. The largest absolute Gasteiger partial charge is 0.371 e. The van der Waals surface area contributed by atoms with Crippen molar-refractivity contribution in [2.24, 2.45) is 0 Å². The number of rotatable bonds is 6. The summed E-state index contributed by atoms with van der Waals surface area (Å²) in [6.07, 6.45) is 0.377. The molecule has 4 heteroatoms. The molecule has 0 saturated heterocycles. The number of nitrogens with one attached hydrogen (secondary N) is 1. The number of aryl methyl sites for hydroxylation is 1. The molecular formula is C19H21N3O. The fourth-order valence-corrected chi connectivity index (χ4v) is 2.43. The molecule has 0 heterocycles. The summed E-state index contributed by atoms with van der Waals surface area (Å²) in [6.45, 7) is 5.61. The predicted octanol–water partition coefficient (Wildman–Crippen LogP) is 3.72. The molecular weight excluding hydrogens is 286 g/mol. The van der Waals surface area contributed by atoms with E-state index in [2.05, 4.69) is 48.3 Å². The van der Waals surface area contributed by atoms with Crippen LogP contribution in [0.3, 0.4) is 0 Å². The van der Waals surface area contributed by atoms with E-state index in [4.69, 9.17) is 5.26 Å². The highest BCUT2D eigenvalue weighted by Crippen LogP contribution is 2.17. The number of anilines is 2. The number of hydrogen-bond donors (Lipinski definition) is 1. The summed E-state index contributed by atoms with van der Waals surface area (Å²) in [5, 5.41) is 11.9. The molecule has 0 atom stereocenters. The lowest BCUT2D eigenvalue weighted by atomic mass is 10.2. The number of nitrogens with zero attached hydrogens (tertiary/aromatic N) is 2. The molecule has 2 aromatic carbocycles. The van der Waals surface area contributed by atoms with Gasteiger partial charge in [0, 0.05) is 25.2 Å². The van der Waals surface area contributed by atoms with Crippen molar-refractivity contribution in [3.8, 4) is 6.07 Å². The van der Waals surface area contributed by atoms with Crippen LogP contribution in [0.2, 0.25) is 0 Å². The third kappa shape index (κ3) is 4.58. The van der Waals surface area contributed by atoms with Crippen LogP contribution in [0.4, 0.5) is 11.4 Å². The summed E-state index contributed by atoms with van der Waals surface area (Å²) in [6, 6.07) is 17.4. The zero-order chi connectivity index (χ0) is 16.7. The average molecular weight is 307 g/mol. The summed E-state index contributed by atoms with van der Waals surface area (Å²) in [5.74, 6) is -0.0844. The van der Waals surface area contributed by atoms with Gasteiger partial charge in [-0.2, -0.15) is 5.26 Å². The van der Waals surface area contributed by atoms with Crippen LogP contribution in [0.5, 0.6) is 0 Å². The Hall–Kier alpha value is -2.80. The third-order valence-electron chi connectivity index (χ3n) is 3.68. The van der Waals surface area contributed by atoms with Crippen molar-refractivity contribution in [1.29, 1.82) is 5.26 Å². The Kier molecular flexibility index (Phi) is 5.76. The van der Waals surface area contributed by atoms with Gasteiger partial charge in [0.25, 0.3) is 0 Å². The Bertz CT molecular complexity index is 719. The number of carbonyl (C=O) groups is 1. The second kappa shape index (κ2) is 8.00. The van der Waals surface area contributed by atoms with Gasteiger partial charge in [0.05, 0.1) is 11.3 Å². The summed E-state index contributed by atoms with van der Waals surface area (Å²) < 4.78 is 0. The lowest BCUT2D eigenvalue weighted by Crippen LogP contribution is -2.27. The van der Waals surface area contributed by atoms with Crippen LogP contribution in [-0.2, 0) is 4.79 Å². The first-order valence-electron chi connectivity index (χ1n) is 7.74. The second-order valence-corrected chi connectivity index (χ2v) is 5.37. The molecule has 0 aliphatic rings. The average Bonchev–Trinajstić information content (AvgIpc) is 2.56. The topological polar surface area (TPSA) is 56.1 Å². The van der Waals surface area contributed by atoms with Crippen molar-refractivity contribution in [1.82, 2.24) is 0 Å². The van der Waals surface area contributed by atoms with E-state index in [0.717, 1.165) is 12.2 Å². The van der Waals surface area contributed by atoms with Gasteiger partial charge in [0.1, 0.15) is 6.07 Å². The fourth-order valence-electron chi connectivity index (χ4n) is 2.43. The lowest BCUT2D eigenvalue weighted by Gasteiger charge is -2.23. The van der Waals surface area contributed by atoms with Crippen LogP contribution in [0.15, 0.2) is 48.5 Å². The Morgan fingerprint density at radius 3 is 2.70 bits per heavy atom. The van der Waals surface area contributed by atoms with Crippen molar-refractivity contribution >= 4 is 17.3 Å². The van der Waals surface area contributed by atoms with E-state index < -0.39 is 0 Å². The fraction of sp³-hybridized carbons (Fsp3) is 0.263. The number of amides is 1. The molecule has 0 spiro atoms. The van der Waals surface area contributed by atoms with Gasteiger partial charge in [-0.05, 0) is 43.7 Å². The van der Waals surface area contributed by atoms with Crippen molar-refractivity contribution in [3.63, 3.8) is 0 Å². The summed E-state index contributed by atoms with van der Waals surface area (Å²) in [7, 11) is 0. The number of nitriles is 1. The van der Waals surface area contributed by atoms with Crippen molar-refractivity contribution < 1.29 is 4.79 Å². The van der Waals surface area contributed by atoms with Gasteiger partial charge >= 0.3 is 0 Å². The summed E-state index contributed by atoms with van der Waals surface area (Å²) >= 11 is 0. The van der Waals surface area contributed by atoms with E-state index in [-0.39, 0.29) is 5.91 Å². The van der Waals surface area contributed by atoms with Crippen LogP contribution in [-0.4, -0.2) is 19.0 Å². The lowest BCUT2D eigenvalue weighted by molar-refractivity contribution is -0.116. The van der Waals surface area contributed by atoms with Crippen molar-refractivity contribution in [2.45, 2.75) is 20.3 Å². The van der Waals surface area contributed by atoms with E-state index >= 15 is 0 Å². The highest BCUT2D eigenvalue weighted by molar-refractivity contribution is 5.92. The Balaban J connectivity index is 1.96. The molecule has 0 unspecified atom stereocenters. The highest BCUT2D eigenvalue weighted by atomic mass is 16.1. The van der Waals surface area contributed by atoms with Crippen molar-refractivity contribution in [3.05, 3.63) is 59.7 Å². The van der Waals surface area contributed by atoms with Gasteiger partial charge in [0.15, 0.2) is 0 Å². The molecule has 2 aromatic rings. The van der Waals surface area contributed by atoms with E-state index in [0.29, 0.717) is 24.2 Å². The molecule has 0 aliphatic carbocycles. The quantitative estimate of drug-likeness (QED) is 0.885. The maximum atomic E-state index is 12.2. The molecule has 0 fully saturated rings. The molecule has 0 aliphatic heterocycles. The van der Waals surface area contributed by atoms with Crippen LogP contribution in [0, 0.1) is 18.3 Å². The van der Waals surface area contributed by atoms with Gasteiger partial charge in [0.2, 0.25) is 5.91 Å². The first kappa shape index (κ1) is 16.6. The third-order valence-corrected chi connectivity index (χ3v) is 3.68. The first-order chi connectivity index (χ1) is 11.1.